The van der Waals surface area contributed by atoms with Crippen molar-refractivity contribution in [2.45, 2.75) is 83.1 Å². The molecule has 2 aliphatic heterocycles. The first kappa shape index (κ1) is 13.7. The summed E-state index contributed by atoms with van der Waals surface area (Å²) in [7, 11) is 0. The standard InChI is InChI=1S/C14H25NO3/c1-3-4-5-6-7-9-14(2)10-8-11-12(18-14)17-13(16)15-11/h11-12H,3-10H2,1-2H3,(H,15,16). The fourth-order valence-corrected chi connectivity index (χ4v) is 2.84. The maximum Gasteiger partial charge on any atom is 0.409 e. The number of unbranched alkanes of at least 4 members (excludes halogenated alkanes) is 4. The van der Waals surface area contributed by atoms with Crippen LogP contribution < -0.4 is 5.32 Å². The van der Waals surface area contributed by atoms with Crippen molar-refractivity contribution in [1.82, 2.24) is 5.32 Å². The quantitative estimate of drug-likeness (QED) is 0.740. The van der Waals surface area contributed by atoms with E-state index in [2.05, 4.69) is 19.2 Å². The van der Waals surface area contributed by atoms with Gasteiger partial charge < -0.3 is 14.8 Å². The van der Waals surface area contributed by atoms with Crippen LogP contribution in [0, 0.1) is 0 Å². The van der Waals surface area contributed by atoms with Gasteiger partial charge in [0.25, 0.3) is 0 Å². The summed E-state index contributed by atoms with van der Waals surface area (Å²) in [6, 6.07) is 0.0608. The summed E-state index contributed by atoms with van der Waals surface area (Å²) in [5, 5.41) is 2.79. The highest BCUT2D eigenvalue weighted by atomic mass is 16.7. The molecule has 2 heterocycles. The molecular weight excluding hydrogens is 230 g/mol. The Balaban J connectivity index is 1.73. The third kappa shape index (κ3) is 3.37. The smallest absolute Gasteiger partial charge is 0.409 e. The molecule has 0 aromatic heterocycles. The number of fused-ring (bicyclic) bond motifs is 1. The van der Waals surface area contributed by atoms with Gasteiger partial charge in [-0.1, -0.05) is 39.0 Å². The molecule has 1 N–H and O–H groups in total. The second-order valence-electron chi connectivity index (χ2n) is 5.80. The lowest BCUT2D eigenvalue weighted by atomic mass is 9.88. The van der Waals surface area contributed by atoms with Crippen molar-refractivity contribution in [3.63, 3.8) is 0 Å². The third-order valence-corrected chi connectivity index (χ3v) is 4.05. The van der Waals surface area contributed by atoms with E-state index in [0.717, 1.165) is 19.3 Å². The SMILES string of the molecule is CCCCCCCC1(C)CCC2NC(=O)OC2O1. The highest BCUT2D eigenvalue weighted by Crippen LogP contribution is 2.35. The van der Waals surface area contributed by atoms with Gasteiger partial charge in [0.2, 0.25) is 6.29 Å². The summed E-state index contributed by atoms with van der Waals surface area (Å²) in [5.74, 6) is 0. The summed E-state index contributed by atoms with van der Waals surface area (Å²) in [4.78, 5) is 11.1. The molecule has 2 saturated heterocycles. The molecule has 3 atom stereocenters. The highest BCUT2D eigenvalue weighted by molar-refractivity contribution is 5.70. The summed E-state index contributed by atoms with van der Waals surface area (Å²) < 4.78 is 11.1. The van der Waals surface area contributed by atoms with E-state index in [1.165, 1.54) is 32.1 Å². The predicted octanol–water partition coefficient (Wildman–Crippen LogP) is 3.35. The lowest BCUT2D eigenvalue weighted by Gasteiger charge is -2.38. The van der Waals surface area contributed by atoms with Crippen LogP contribution in [0.4, 0.5) is 4.79 Å². The number of ether oxygens (including phenoxy) is 2. The van der Waals surface area contributed by atoms with Crippen LogP contribution in [0.5, 0.6) is 0 Å². The van der Waals surface area contributed by atoms with Gasteiger partial charge in [0.1, 0.15) is 0 Å². The van der Waals surface area contributed by atoms with E-state index < -0.39 is 0 Å². The van der Waals surface area contributed by atoms with Crippen molar-refractivity contribution in [2.24, 2.45) is 0 Å². The molecule has 1 amide bonds. The van der Waals surface area contributed by atoms with Gasteiger partial charge in [0, 0.05) is 0 Å². The van der Waals surface area contributed by atoms with Crippen LogP contribution >= 0.6 is 0 Å². The molecule has 2 fully saturated rings. The van der Waals surface area contributed by atoms with Crippen molar-refractivity contribution in [2.75, 3.05) is 0 Å². The van der Waals surface area contributed by atoms with E-state index in [1.54, 1.807) is 0 Å². The van der Waals surface area contributed by atoms with E-state index in [1.807, 2.05) is 0 Å². The highest BCUT2D eigenvalue weighted by Gasteiger charge is 2.44. The van der Waals surface area contributed by atoms with E-state index in [0.29, 0.717) is 0 Å². The van der Waals surface area contributed by atoms with E-state index in [4.69, 9.17) is 9.47 Å². The normalized spacial score (nSPS) is 34.9. The Labute approximate surface area is 109 Å². The Morgan fingerprint density at radius 1 is 1.33 bits per heavy atom. The average molecular weight is 255 g/mol. The van der Waals surface area contributed by atoms with Crippen molar-refractivity contribution in [3.8, 4) is 0 Å². The number of hydrogen-bond acceptors (Lipinski definition) is 3. The molecule has 2 rings (SSSR count). The lowest BCUT2D eigenvalue weighted by Crippen LogP contribution is -2.46. The monoisotopic (exact) mass is 255 g/mol. The second-order valence-corrected chi connectivity index (χ2v) is 5.80. The Hall–Kier alpha value is -0.770. The lowest BCUT2D eigenvalue weighted by molar-refractivity contribution is -0.201. The van der Waals surface area contributed by atoms with Crippen molar-refractivity contribution < 1.29 is 14.3 Å². The van der Waals surface area contributed by atoms with Gasteiger partial charge in [-0.25, -0.2) is 4.79 Å². The van der Waals surface area contributed by atoms with Crippen molar-refractivity contribution in [1.29, 1.82) is 0 Å². The molecule has 0 radical (unpaired) electrons. The summed E-state index contributed by atoms with van der Waals surface area (Å²) in [6.45, 7) is 4.38. The predicted molar refractivity (Wildman–Crippen MR) is 69.3 cm³/mol. The number of alkyl carbamates (subject to hydrolysis) is 1. The van der Waals surface area contributed by atoms with Gasteiger partial charge in [-0.2, -0.15) is 0 Å². The van der Waals surface area contributed by atoms with Gasteiger partial charge in [0.05, 0.1) is 11.6 Å². The fraction of sp³-hybridized carbons (Fsp3) is 0.929. The zero-order valence-corrected chi connectivity index (χ0v) is 11.5. The summed E-state index contributed by atoms with van der Waals surface area (Å²) >= 11 is 0. The van der Waals surface area contributed by atoms with Crippen LogP contribution in [0.3, 0.4) is 0 Å². The van der Waals surface area contributed by atoms with Crippen LogP contribution in [0.2, 0.25) is 0 Å². The van der Waals surface area contributed by atoms with Crippen LogP contribution in [0.1, 0.15) is 65.2 Å². The van der Waals surface area contributed by atoms with E-state index in [9.17, 15) is 4.79 Å². The molecule has 3 unspecified atom stereocenters. The van der Waals surface area contributed by atoms with Crippen molar-refractivity contribution >= 4 is 6.09 Å². The van der Waals surface area contributed by atoms with Gasteiger partial charge in [0.15, 0.2) is 0 Å². The maximum atomic E-state index is 11.1. The molecule has 0 saturated carbocycles. The first-order valence-electron chi connectivity index (χ1n) is 7.28. The molecule has 0 bridgehead atoms. The zero-order valence-electron chi connectivity index (χ0n) is 11.5. The Kier molecular flexibility index (Phi) is 4.49. The Bertz CT molecular complexity index is 295. The molecule has 2 aliphatic rings. The van der Waals surface area contributed by atoms with Gasteiger partial charge in [-0.15, -0.1) is 0 Å². The number of nitrogens with one attached hydrogen (secondary N) is 1. The van der Waals surface area contributed by atoms with Crippen LogP contribution in [0.15, 0.2) is 0 Å². The Morgan fingerprint density at radius 3 is 2.89 bits per heavy atom. The van der Waals surface area contributed by atoms with Gasteiger partial charge >= 0.3 is 6.09 Å². The minimum Gasteiger partial charge on any atom is -0.417 e. The van der Waals surface area contributed by atoms with Gasteiger partial charge in [-0.05, 0) is 26.2 Å². The minimum atomic E-state index is -0.369. The summed E-state index contributed by atoms with van der Waals surface area (Å²) in [6.07, 6.45) is 8.72. The molecule has 18 heavy (non-hydrogen) atoms. The summed E-state index contributed by atoms with van der Waals surface area (Å²) in [5.41, 5.74) is -0.111. The topological polar surface area (TPSA) is 47.6 Å². The third-order valence-electron chi connectivity index (χ3n) is 4.05. The van der Waals surface area contributed by atoms with Crippen molar-refractivity contribution in [3.05, 3.63) is 0 Å². The first-order valence-corrected chi connectivity index (χ1v) is 7.28. The first-order chi connectivity index (χ1) is 8.63. The van der Waals surface area contributed by atoms with E-state index >= 15 is 0 Å². The number of hydrogen-bond donors (Lipinski definition) is 1. The zero-order chi connectivity index (χ0) is 13.0. The fourth-order valence-electron chi connectivity index (χ4n) is 2.84. The second kappa shape index (κ2) is 5.91. The van der Waals surface area contributed by atoms with Crippen LogP contribution in [-0.2, 0) is 9.47 Å². The number of rotatable bonds is 6. The molecule has 0 spiro atoms. The molecule has 0 aromatic rings. The molecule has 4 nitrogen and oxygen atoms in total. The number of amides is 1. The molecule has 0 aliphatic carbocycles. The van der Waals surface area contributed by atoms with E-state index in [-0.39, 0.29) is 24.0 Å². The number of carbonyl (C=O) groups is 1. The minimum absolute atomic E-state index is 0.0608. The van der Waals surface area contributed by atoms with Crippen LogP contribution in [-0.4, -0.2) is 24.0 Å². The molecule has 104 valence electrons. The molecular formula is C14H25NO3. The largest absolute Gasteiger partial charge is 0.417 e. The van der Waals surface area contributed by atoms with Crippen LogP contribution in [0.25, 0.3) is 0 Å². The molecule has 0 aromatic carbocycles. The Morgan fingerprint density at radius 2 is 2.11 bits per heavy atom. The number of carbonyl (C=O) groups excluding carboxylic acids is 1. The average Bonchev–Trinajstić information content (AvgIpc) is 2.68. The maximum absolute atomic E-state index is 11.1. The molecule has 4 heteroatoms. The van der Waals surface area contributed by atoms with Gasteiger partial charge in [-0.3, -0.25) is 0 Å².